The van der Waals surface area contributed by atoms with E-state index in [4.69, 9.17) is 15.6 Å². The van der Waals surface area contributed by atoms with Crippen molar-refractivity contribution in [3.05, 3.63) is 23.8 Å². The van der Waals surface area contributed by atoms with E-state index >= 15 is 0 Å². The SMILES string of the molecule is Nc1ccc(OC2CCC(O)C2)c(C(=O)O)c1. The molecule has 1 aromatic rings. The molecule has 0 heterocycles. The van der Waals surface area contributed by atoms with Gasteiger partial charge in [-0.15, -0.1) is 0 Å². The smallest absolute Gasteiger partial charge is 0.339 e. The molecule has 0 aromatic heterocycles. The predicted molar refractivity (Wildman–Crippen MR) is 62.1 cm³/mol. The van der Waals surface area contributed by atoms with Crippen LogP contribution in [0.3, 0.4) is 0 Å². The van der Waals surface area contributed by atoms with Gasteiger partial charge in [0.2, 0.25) is 0 Å². The molecule has 17 heavy (non-hydrogen) atoms. The van der Waals surface area contributed by atoms with E-state index in [1.165, 1.54) is 6.07 Å². The Kier molecular flexibility index (Phi) is 3.19. The molecule has 0 radical (unpaired) electrons. The van der Waals surface area contributed by atoms with Crippen molar-refractivity contribution in [3.8, 4) is 5.75 Å². The van der Waals surface area contributed by atoms with E-state index in [0.29, 0.717) is 24.3 Å². The normalized spacial score (nSPS) is 23.6. The predicted octanol–water partition coefficient (Wildman–Crippen LogP) is 1.26. The topological polar surface area (TPSA) is 92.8 Å². The van der Waals surface area contributed by atoms with Gasteiger partial charge in [-0.05, 0) is 31.0 Å². The van der Waals surface area contributed by atoms with E-state index in [1.807, 2.05) is 0 Å². The summed E-state index contributed by atoms with van der Waals surface area (Å²) in [5.41, 5.74) is 5.99. The number of aromatic carboxylic acids is 1. The van der Waals surface area contributed by atoms with Gasteiger partial charge in [-0.25, -0.2) is 4.79 Å². The fourth-order valence-corrected chi connectivity index (χ4v) is 2.02. The molecule has 0 bridgehead atoms. The maximum absolute atomic E-state index is 11.0. The van der Waals surface area contributed by atoms with Crippen molar-refractivity contribution in [2.75, 3.05) is 5.73 Å². The number of carbonyl (C=O) groups is 1. The molecule has 1 fully saturated rings. The largest absolute Gasteiger partial charge is 0.489 e. The van der Waals surface area contributed by atoms with Crippen LogP contribution in [0.15, 0.2) is 18.2 Å². The lowest BCUT2D eigenvalue weighted by Crippen LogP contribution is -2.15. The summed E-state index contributed by atoms with van der Waals surface area (Å²) >= 11 is 0. The van der Waals surface area contributed by atoms with Gasteiger partial charge in [-0.1, -0.05) is 0 Å². The molecular formula is C12H15NO4. The van der Waals surface area contributed by atoms with Gasteiger partial charge in [0.25, 0.3) is 0 Å². The summed E-state index contributed by atoms with van der Waals surface area (Å²) in [6.07, 6.45) is 1.52. The first kappa shape index (κ1) is 11.7. The van der Waals surface area contributed by atoms with E-state index in [-0.39, 0.29) is 17.8 Å². The number of rotatable bonds is 3. The van der Waals surface area contributed by atoms with Crippen LogP contribution in [-0.2, 0) is 0 Å². The number of carboxylic acid groups (broad SMARTS) is 1. The standard InChI is InChI=1S/C12H15NO4/c13-7-1-4-11(10(5-7)12(15)16)17-9-3-2-8(14)6-9/h1,4-5,8-9,14H,2-3,6,13H2,(H,15,16). The quantitative estimate of drug-likeness (QED) is 0.688. The third kappa shape index (κ3) is 2.68. The number of nitrogen functional groups attached to an aromatic ring is 1. The number of aliphatic hydroxyl groups is 1. The number of aliphatic hydroxyl groups excluding tert-OH is 1. The van der Waals surface area contributed by atoms with Crippen molar-refractivity contribution in [2.24, 2.45) is 0 Å². The van der Waals surface area contributed by atoms with Crippen LogP contribution < -0.4 is 10.5 Å². The number of nitrogens with two attached hydrogens (primary N) is 1. The van der Waals surface area contributed by atoms with E-state index in [2.05, 4.69) is 0 Å². The molecule has 1 aromatic carbocycles. The van der Waals surface area contributed by atoms with Crippen molar-refractivity contribution in [1.29, 1.82) is 0 Å². The van der Waals surface area contributed by atoms with Gasteiger partial charge in [0.05, 0.1) is 6.10 Å². The van der Waals surface area contributed by atoms with Gasteiger partial charge in [-0.2, -0.15) is 0 Å². The fourth-order valence-electron chi connectivity index (χ4n) is 2.02. The molecule has 1 saturated carbocycles. The van der Waals surface area contributed by atoms with Crippen LogP contribution in [-0.4, -0.2) is 28.4 Å². The summed E-state index contributed by atoms with van der Waals surface area (Å²) in [6.45, 7) is 0. The minimum atomic E-state index is -1.06. The number of anilines is 1. The second-order valence-electron chi connectivity index (χ2n) is 4.27. The highest BCUT2D eigenvalue weighted by molar-refractivity contribution is 5.92. The van der Waals surface area contributed by atoms with Gasteiger partial charge in [-0.3, -0.25) is 0 Å². The average Bonchev–Trinajstić information content (AvgIpc) is 2.66. The average molecular weight is 237 g/mol. The zero-order chi connectivity index (χ0) is 12.4. The number of hydrogen-bond acceptors (Lipinski definition) is 4. The molecule has 0 spiro atoms. The summed E-state index contributed by atoms with van der Waals surface area (Å²) in [6, 6.07) is 4.54. The van der Waals surface area contributed by atoms with Crippen molar-refractivity contribution in [3.63, 3.8) is 0 Å². The Morgan fingerprint density at radius 1 is 1.41 bits per heavy atom. The lowest BCUT2D eigenvalue weighted by atomic mass is 10.1. The molecule has 1 aliphatic rings. The third-order valence-electron chi connectivity index (χ3n) is 2.88. The first-order valence-electron chi connectivity index (χ1n) is 5.54. The van der Waals surface area contributed by atoms with Crippen LogP contribution in [0.1, 0.15) is 29.6 Å². The highest BCUT2D eigenvalue weighted by Crippen LogP contribution is 2.28. The lowest BCUT2D eigenvalue weighted by Gasteiger charge is -2.15. The van der Waals surface area contributed by atoms with Crippen LogP contribution in [0, 0.1) is 0 Å². The van der Waals surface area contributed by atoms with E-state index in [0.717, 1.165) is 6.42 Å². The van der Waals surface area contributed by atoms with E-state index < -0.39 is 5.97 Å². The maximum atomic E-state index is 11.0. The summed E-state index contributed by atoms with van der Waals surface area (Å²) in [4.78, 5) is 11.0. The molecule has 0 aliphatic heterocycles. The minimum absolute atomic E-state index is 0.0615. The number of hydrogen-bond donors (Lipinski definition) is 3. The molecule has 5 nitrogen and oxygen atoms in total. The van der Waals surface area contributed by atoms with Crippen molar-refractivity contribution >= 4 is 11.7 Å². The molecule has 4 N–H and O–H groups in total. The molecule has 0 amide bonds. The van der Waals surface area contributed by atoms with E-state index in [1.54, 1.807) is 12.1 Å². The van der Waals surface area contributed by atoms with Crippen LogP contribution in [0.25, 0.3) is 0 Å². The summed E-state index contributed by atoms with van der Waals surface area (Å²) < 4.78 is 5.60. The van der Waals surface area contributed by atoms with Crippen molar-refractivity contribution < 1.29 is 19.7 Å². The van der Waals surface area contributed by atoms with Crippen LogP contribution in [0.5, 0.6) is 5.75 Å². The minimum Gasteiger partial charge on any atom is -0.489 e. The monoisotopic (exact) mass is 237 g/mol. The highest BCUT2D eigenvalue weighted by Gasteiger charge is 2.25. The Bertz CT molecular complexity index is 433. The second kappa shape index (κ2) is 4.63. The van der Waals surface area contributed by atoms with Crippen LogP contribution in [0.2, 0.25) is 0 Å². The number of benzene rings is 1. The summed E-state index contributed by atoms with van der Waals surface area (Å²) in [5.74, 6) is -0.753. The molecular weight excluding hydrogens is 222 g/mol. The molecule has 2 unspecified atom stereocenters. The summed E-state index contributed by atoms with van der Waals surface area (Å²) in [7, 11) is 0. The van der Waals surface area contributed by atoms with Gasteiger partial charge < -0.3 is 20.7 Å². The Morgan fingerprint density at radius 2 is 2.18 bits per heavy atom. The Labute approximate surface area is 98.8 Å². The number of ether oxygens (including phenoxy) is 1. The van der Waals surface area contributed by atoms with Crippen molar-refractivity contribution in [1.82, 2.24) is 0 Å². The second-order valence-corrected chi connectivity index (χ2v) is 4.27. The fraction of sp³-hybridized carbons (Fsp3) is 0.417. The van der Waals surface area contributed by atoms with E-state index in [9.17, 15) is 9.90 Å². The summed E-state index contributed by atoms with van der Waals surface area (Å²) in [5, 5.41) is 18.4. The first-order chi connectivity index (χ1) is 8.06. The zero-order valence-electron chi connectivity index (χ0n) is 9.30. The Morgan fingerprint density at radius 3 is 2.76 bits per heavy atom. The van der Waals surface area contributed by atoms with Gasteiger partial charge in [0.1, 0.15) is 17.4 Å². The molecule has 0 saturated heterocycles. The first-order valence-corrected chi connectivity index (χ1v) is 5.54. The third-order valence-corrected chi connectivity index (χ3v) is 2.88. The highest BCUT2D eigenvalue weighted by atomic mass is 16.5. The molecule has 1 aliphatic carbocycles. The van der Waals surface area contributed by atoms with Crippen LogP contribution in [0.4, 0.5) is 5.69 Å². The Balaban J connectivity index is 2.17. The zero-order valence-corrected chi connectivity index (χ0v) is 9.30. The number of carboxylic acids is 1. The van der Waals surface area contributed by atoms with Crippen LogP contribution >= 0.6 is 0 Å². The molecule has 2 atom stereocenters. The van der Waals surface area contributed by atoms with Crippen molar-refractivity contribution in [2.45, 2.75) is 31.5 Å². The molecule has 92 valence electrons. The van der Waals surface area contributed by atoms with Gasteiger partial charge >= 0.3 is 5.97 Å². The van der Waals surface area contributed by atoms with Gasteiger partial charge in [0, 0.05) is 12.1 Å². The maximum Gasteiger partial charge on any atom is 0.339 e. The van der Waals surface area contributed by atoms with Gasteiger partial charge in [0.15, 0.2) is 0 Å². The lowest BCUT2D eigenvalue weighted by molar-refractivity contribution is 0.0688. The Hall–Kier alpha value is -1.75. The molecule has 2 rings (SSSR count). The molecule has 5 heteroatoms.